The van der Waals surface area contributed by atoms with E-state index in [9.17, 15) is 9.90 Å². The number of amides is 1. The summed E-state index contributed by atoms with van der Waals surface area (Å²) in [5.41, 5.74) is 3.02. The number of para-hydroxylation sites is 1. The summed E-state index contributed by atoms with van der Waals surface area (Å²) in [5, 5.41) is 14.6. The maximum atomic E-state index is 12.6. The largest absolute Gasteiger partial charge is 0.508 e. The molecule has 2 N–H and O–H groups in total. The first-order chi connectivity index (χ1) is 18.6. The molecule has 1 amide bonds. The second-order valence-electron chi connectivity index (χ2n) is 10.1. The van der Waals surface area contributed by atoms with Gasteiger partial charge < -0.3 is 15.3 Å². The van der Waals surface area contributed by atoms with E-state index in [2.05, 4.69) is 10.3 Å². The van der Waals surface area contributed by atoms with Gasteiger partial charge in [0.15, 0.2) is 5.82 Å². The van der Waals surface area contributed by atoms with E-state index in [0.717, 1.165) is 48.6 Å². The number of piperidine rings is 1. The van der Waals surface area contributed by atoms with Gasteiger partial charge >= 0.3 is 0 Å². The predicted octanol–water partition coefficient (Wildman–Crippen LogP) is 4.55. The minimum atomic E-state index is 0.0970. The fourth-order valence-corrected chi connectivity index (χ4v) is 5.27. The van der Waals surface area contributed by atoms with Crippen LogP contribution in [0.1, 0.15) is 25.7 Å². The Morgan fingerprint density at radius 1 is 0.947 bits per heavy atom. The standard InChI is InChI=1S/C29H27N7O2/c37-21-10-12-25-24(16-21)33-27(23-11-9-18-4-1-2-6-22(18)32-23)36(25)26-13-14-30-29(34-26)31-20-5-3-15-35(17-20)28(38)19-7-8-19/h1-2,4,6,9-14,16,19-20,37H,3,5,7-8,15,17H2,(H,30,31,34). The zero-order chi connectivity index (χ0) is 25.6. The lowest BCUT2D eigenvalue weighted by atomic mass is 10.1. The van der Waals surface area contributed by atoms with Crippen LogP contribution in [0.25, 0.3) is 39.3 Å². The number of aromatic nitrogens is 5. The third-order valence-electron chi connectivity index (χ3n) is 7.33. The molecule has 2 aliphatic rings. The SMILES string of the molecule is O=C(C1CC1)N1CCCC(Nc2nccc(-n3c(-c4ccc5ccccc5n4)nc4cc(O)ccc43)n2)C1. The lowest BCUT2D eigenvalue weighted by Crippen LogP contribution is -2.45. The number of nitrogens with zero attached hydrogens (tertiary/aromatic N) is 6. The Bertz CT molecular complexity index is 1680. The van der Waals surface area contributed by atoms with Crippen molar-refractivity contribution in [2.75, 3.05) is 18.4 Å². The van der Waals surface area contributed by atoms with Crippen LogP contribution in [-0.4, -0.2) is 59.5 Å². The Morgan fingerprint density at radius 3 is 2.74 bits per heavy atom. The van der Waals surface area contributed by atoms with E-state index in [1.807, 2.05) is 58.0 Å². The van der Waals surface area contributed by atoms with Crippen molar-refractivity contribution in [2.24, 2.45) is 5.92 Å². The minimum Gasteiger partial charge on any atom is -0.508 e. The van der Waals surface area contributed by atoms with E-state index in [1.54, 1.807) is 18.3 Å². The number of benzene rings is 2. The van der Waals surface area contributed by atoms with Crippen molar-refractivity contribution in [3.8, 4) is 23.1 Å². The van der Waals surface area contributed by atoms with Gasteiger partial charge in [0.25, 0.3) is 0 Å². The Morgan fingerprint density at radius 2 is 1.84 bits per heavy atom. The lowest BCUT2D eigenvalue weighted by Gasteiger charge is -2.33. The summed E-state index contributed by atoms with van der Waals surface area (Å²) in [6, 6.07) is 19.0. The topological polar surface area (TPSA) is 109 Å². The number of carbonyl (C=O) groups excluding carboxylic acids is 1. The smallest absolute Gasteiger partial charge is 0.225 e. The molecule has 0 radical (unpaired) electrons. The van der Waals surface area contributed by atoms with Gasteiger partial charge in [-0.3, -0.25) is 9.36 Å². The molecule has 2 fully saturated rings. The second-order valence-corrected chi connectivity index (χ2v) is 10.1. The quantitative estimate of drug-likeness (QED) is 0.361. The van der Waals surface area contributed by atoms with Gasteiger partial charge in [0.1, 0.15) is 17.3 Å². The van der Waals surface area contributed by atoms with Gasteiger partial charge in [-0.05, 0) is 56.0 Å². The van der Waals surface area contributed by atoms with Crippen LogP contribution in [0.4, 0.5) is 5.95 Å². The Kier molecular flexibility index (Phi) is 5.42. The molecule has 1 atom stereocenters. The van der Waals surface area contributed by atoms with E-state index >= 15 is 0 Å². The molecular weight excluding hydrogens is 478 g/mol. The number of aromatic hydroxyl groups is 1. The van der Waals surface area contributed by atoms with Gasteiger partial charge in [-0.25, -0.2) is 15.0 Å². The number of hydrogen-bond donors (Lipinski definition) is 2. The molecule has 190 valence electrons. The lowest BCUT2D eigenvalue weighted by molar-refractivity contribution is -0.133. The molecule has 1 saturated heterocycles. The fraction of sp³-hybridized carbons (Fsp3) is 0.276. The summed E-state index contributed by atoms with van der Waals surface area (Å²) in [7, 11) is 0. The van der Waals surface area contributed by atoms with E-state index in [4.69, 9.17) is 15.0 Å². The Labute approximate surface area is 219 Å². The van der Waals surface area contributed by atoms with Crippen LogP contribution < -0.4 is 5.32 Å². The number of anilines is 1. The number of likely N-dealkylation sites (tertiary alicyclic amines) is 1. The van der Waals surface area contributed by atoms with Crippen molar-refractivity contribution in [1.82, 2.24) is 29.4 Å². The van der Waals surface area contributed by atoms with Gasteiger partial charge in [-0.1, -0.05) is 24.3 Å². The number of hydrogen-bond acceptors (Lipinski definition) is 7. The molecular formula is C29H27N7O2. The molecule has 5 aromatic rings. The van der Waals surface area contributed by atoms with Gasteiger partial charge in [-0.2, -0.15) is 4.98 Å². The van der Waals surface area contributed by atoms with Crippen molar-refractivity contribution >= 4 is 33.8 Å². The Hall–Kier alpha value is -4.53. The third-order valence-corrected chi connectivity index (χ3v) is 7.33. The normalized spacial score (nSPS) is 17.7. The highest BCUT2D eigenvalue weighted by Gasteiger charge is 2.35. The zero-order valence-electron chi connectivity index (χ0n) is 20.8. The van der Waals surface area contributed by atoms with Crippen molar-refractivity contribution in [1.29, 1.82) is 0 Å². The van der Waals surface area contributed by atoms with Crippen LogP contribution >= 0.6 is 0 Å². The molecule has 7 rings (SSSR count). The molecule has 9 heteroatoms. The van der Waals surface area contributed by atoms with Crippen LogP contribution in [0.15, 0.2) is 66.9 Å². The first kappa shape index (κ1) is 22.7. The van der Waals surface area contributed by atoms with Crippen LogP contribution in [0.5, 0.6) is 5.75 Å². The highest BCUT2D eigenvalue weighted by atomic mass is 16.3. The van der Waals surface area contributed by atoms with Crippen molar-refractivity contribution in [2.45, 2.75) is 31.7 Å². The molecule has 1 aliphatic heterocycles. The monoisotopic (exact) mass is 505 g/mol. The van der Waals surface area contributed by atoms with Crippen molar-refractivity contribution in [3.63, 3.8) is 0 Å². The fourth-order valence-electron chi connectivity index (χ4n) is 5.27. The van der Waals surface area contributed by atoms with E-state index in [0.29, 0.717) is 35.3 Å². The average molecular weight is 506 g/mol. The number of imidazole rings is 1. The van der Waals surface area contributed by atoms with E-state index < -0.39 is 0 Å². The van der Waals surface area contributed by atoms with Crippen LogP contribution in [-0.2, 0) is 4.79 Å². The van der Waals surface area contributed by atoms with Gasteiger partial charge in [0, 0.05) is 42.7 Å². The molecule has 9 nitrogen and oxygen atoms in total. The summed E-state index contributed by atoms with van der Waals surface area (Å²) in [4.78, 5) is 33.6. The first-order valence-electron chi connectivity index (χ1n) is 13.1. The number of pyridine rings is 1. The molecule has 2 aromatic carbocycles. The molecule has 3 aromatic heterocycles. The van der Waals surface area contributed by atoms with Crippen LogP contribution in [0.2, 0.25) is 0 Å². The molecule has 4 heterocycles. The van der Waals surface area contributed by atoms with Gasteiger partial charge in [0.2, 0.25) is 11.9 Å². The van der Waals surface area contributed by atoms with Gasteiger partial charge in [-0.15, -0.1) is 0 Å². The number of fused-ring (bicyclic) bond motifs is 2. The van der Waals surface area contributed by atoms with Crippen molar-refractivity contribution < 1.29 is 9.90 Å². The molecule has 1 saturated carbocycles. The first-order valence-corrected chi connectivity index (χ1v) is 13.1. The summed E-state index contributed by atoms with van der Waals surface area (Å²) < 4.78 is 1.95. The zero-order valence-corrected chi connectivity index (χ0v) is 20.8. The highest BCUT2D eigenvalue weighted by molar-refractivity contribution is 5.86. The predicted molar refractivity (Wildman–Crippen MR) is 145 cm³/mol. The average Bonchev–Trinajstić information content (AvgIpc) is 3.73. The maximum Gasteiger partial charge on any atom is 0.225 e. The van der Waals surface area contributed by atoms with E-state index in [1.165, 1.54) is 0 Å². The molecule has 38 heavy (non-hydrogen) atoms. The van der Waals surface area contributed by atoms with Crippen LogP contribution in [0.3, 0.4) is 0 Å². The summed E-state index contributed by atoms with van der Waals surface area (Å²) in [5.74, 6) is 2.43. The maximum absolute atomic E-state index is 12.6. The number of rotatable bonds is 5. The van der Waals surface area contributed by atoms with E-state index in [-0.39, 0.29) is 23.6 Å². The minimum absolute atomic E-state index is 0.0970. The summed E-state index contributed by atoms with van der Waals surface area (Å²) in [6.45, 7) is 1.49. The molecule has 0 spiro atoms. The van der Waals surface area contributed by atoms with Crippen molar-refractivity contribution in [3.05, 3.63) is 66.9 Å². The van der Waals surface area contributed by atoms with Crippen LogP contribution in [0, 0.1) is 5.92 Å². The summed E-state index contributed by atoms with van der Waals surface area (Å²) in [6.07, 6.45) is 5.68. The molecule has 0 bridgehead atoms. The molecule has 1 aliphatic carbocycles. The number of carbonyl (C=O) groups is 1. The van der Waals surface area contributed by atoms with Gasteiger partial charge in [0.05, 0.1) is 16.6 Å². The third kappa shape index (κ3) is 4.19. The highest BCUT2D eigenvalue weighted by Crippen LogP contribution is 2.33. The molecule has 1 unspecified atom stereocenters. The second kappa shape index (κ2) is 9.09. The number of phenolic OH excluding ortho intramolecular Hbond substituents is 1. The Balaban J connectivity index is 1.26. The number of phenols is 1. The number of nitrogens with one attached hydrogen (secondary N) is 1. The summed E-state index contributed by atoms with van der Waals surface area (Å²) >= 11 is 0.